The van der Waals surface area contributed by atoms with E-state index in [2.05, 4.69) is 5.32 Å². The zero-order valence-electron chi connectivity index (χ0n) is 17.6. The molecule has 2 aromatic carbocycles. The molecule has 0 atom stereocenters. The highest BCUT2D eigenvalue weighted by Gasteiger charge is 2.28. The van der Waals surface area contributed by atoms with Gasteiger partial charge in [0.1, 0.15) is 5.75 Å². The van der Waals surface area contributed by atoms with Crippen LogP contribution in [0.1, 0.15) is 58.5 Å². The van der Waals surface area contributed by atoms with Crippen molar-refractivity contribution >= 4 is 23.5 Å². The maximum atomic E-state index is 12.8. The normalized spacial score (nSPS) is 11.1. The van der Waals surface area contributed by atoms with Gasteiger partial charge in [-0.2, -0.15) is 0 Å². The third-order valence-electron chi connectivity index (χ3n) is 4.91. The van der Waals surface area contributed by atoms with Crippen molar-refractivity contribution in [2.24, 2.45) is 5.41 Å². The molecule has 0 fully saturated rings. The molecule has 0 aliphatic carbocycles. The lowest BCUT2D eigenvalue weighted by Gasteiger charge is -2.24. The van der Waals surface area contributed by atoms with Crippen LogP contribution in [0.5, 0.6) is 5.75 Å². The van der Waals surface area contributed by atoms with E-state index >= 15 is 0 Å². The maximum absolute atomic E-state index is 12.8. The van der Waals surface area contributed by atoms with Gasteiger partial charge in [-0.05, 0) is 62.1 Å². The van der Waals surface area contributed by atoms with Crippen LogP contribution in [0.3, 0.4) is 0 Å². The van der Waals surface area contributed by atoms with E-state index in [-0.39, 0.29) is 22.7 Å². The van der Waals surface area contributed by atoms with Gasteiger partial charge in [0.25, 0.3) is 0 Å². The molecule has 160 valence electrons. The second-order valence-electron chi connectivity index (χ2n) is 7.93. The van der Waals surface area contributed by atoms with E-state index < -0.39 is 17.4 Å². The predicted molar refractivity (Wildman–Crippen MR) is 113 cm³/mol. The summed E-state index contributed by atoms with van der Waals surface area (Å²) in [7, 11) is 0. The molecule has 0 bridgehead atoms. The van der Waals surface area contributed by atoms with Crippen LogP contribution in [0, 0.1) is 19.3 Å². The number of benzene rings is 2. The van der Waals surface area contributed by atoms with Gasteiger partial charge in [-0.1, -0.05) is 26.0 Å². The van der Waals surface area contributed by atoms with Crippen LogP contribution in [-0.4, -0.2) is 34.7 Å². The second-order valence-corrected chi connectivity index (χ2v) is 7.93. The lowest BCUT2D eigenvalue weighted by molar-refractivity contribution is -0.124. The van der Waals surface area contributed by atoms with Crippen LogP contribution in [0.4, 0.5) is 5.69 Å². The zero-order chi connectivity index (χ0) is 22.5. The van der Waals surface area contributed by atoms with Gasteiger partial charge in [0.15, 0.2) is 0 Å². The first-order valence-electron chi connectivity index (χ1n) is 9.63. The summed E-state index contributed by atoms with van der Waals surface area (Å²) >= 11 is 0. The van der Waals surface area contributed by atoms with Crippen molar-refractivity contribution in [3.8, 4) is 5.75 Å². The minimum atomic E-state index is -1.25. The number of rotatable bonds is 9. The third kappa shape index (κ3) is 5.83. The fraction of sp³-hybridized carbons (Fsp3) is 0.348. The molecule has 7 nitrogen and oxygen atoms in total. The number of ether oxygens (including phenoxy) is 1. The molecule has 0 aliphatic heterocycles. The number of carbonyl (C=O) groups excluding carboxylic acids is 1. The number of carboxylic acid groups (broad SMARTS) is 2. The summed E-state index contributed by atoms with van der Waals surface area (Å²) < 4.78 is 5.83. The van der Waals surface area contributed by atoms with Crippen LogP contribution < -0.4 is 10.1 Å². The monoisotopic (exact) mass is 413 g/mol. The Bertz CT molecular complexity index is 964. The van der Waals surface area contributed by atoms with E-state index in [9.17, 15) is 19.5 Å². The topological polar surface area (TPSA) is 113 Å². The lowest BCUT2D eigenvalue weighted by atomic mass is 9.86. The van der Waals surface area contributed by atoms with Gasteiger partial charge in [0.2, 0.25) is 5.91 Å². The van der Waals surface area contributed by atoms with Crippen molar-refractivity contribution in [3.05, 3.63) is 58.7 Å². The van der Waals surface area contributed by atoms with Crippen molar-refractivity contribution < 1.29 is 29.3 Å². The van der Waals surface area contributed by atoms with Crippen molar-refractivity contribution in [2.45, 2.75) is 40.5 Å². The van der Waals surface area contributed by atoms with Crippen LogP contribution in [0.25, 0.3) is 0 Å². The molecule has 1 amide bonds. The quantitative estimate of drug-likeness (QED) is 0.521. The van der Waals surface area contributed by atoms with Crippen molar-refractivity contribution in [2.75, 3.05) is 11.9 Å². The molecule has 7 heteroatoms. The number of carbonyl (C=O) groups is 3. The third-order valence-corrected chi connectivity index (χ3v) is 4.91. The summed E-state index contributed by atoms with van der Waals surface area (Å²) in [6.45, 7) is 7.90. The molecular weight excluding hydrogens is 386 g/mol. The van der Waals surface area contributed by atoms with Crippen LogP contribution >= 0.6 is 0 Å². The van der Waals surface area contributed by atoms with Gasteiger partial charge in [-0.15, -0.1) is 0 Å². The molecule has 0 spiro atoms. The summed E-state index contributed by atoms with van der Waals surface area (Å²) in [5.41, 5.74) is 1.04. The Labute approximate surface area is 175 Å². The Morgan fingerprint density at radius 1 is 1.00 bits per heavy atom. The van der Waals surface area contributed by atoms with E-state index in [1.807, 2.05) is 32.0 Å². The molecule has 0 heterocycles. The maximum Gasteiger partial charge on any atom is 0.337 e. The minimum Gasteiger partial charge on any atom is -0.493 e. The molecular formula is C23H27NO6. The summed E-state index contributed by atoms with van der Waals surface area (Å²) in [4.78, 5) is 35.4. The number of amides is 1. The lowest BCUT2D eigenvalue weighted by Crippen LogP contribution is -2.31. The van der Waals surface area contributed by atoms with E-state index in [0.29, 0.717) is 19.4 Å². The highest BCUT2D eigenvalue weighted by molar-refractivity contribution is 6.03. The Kier molecular flexibility index (Phi) is 7.21. The number of aryl methyl sites for hydroxylation is 2. The van der Waals surface area contributed by atoms with Gasteiger partial charge < -0.3 is 20.3 Å². The molecule has 30 heavy (non-hydrogen) atoms. The van der Waals surface area contributed by atoms with Crippen LogP contribution in [-0.2, 0) is 4.79 Å². The Balaban J connectivity index is 2.02. The van der Waals surface area contributed by atoms with Crippen LogP contribution in [0.15, 0.2) is 36.4 Å². The zero-order valence-corrected chi connectivity index (χ0v) is 17.6. The average Bonchev–Trinajstić information content (AvgIpc) is 2.67. The average molecular weight is 413 g/mol. The SMILES string of the molecule is Cc1ccc(C)c(OCCCC(C)(C)C(=O)Nc2cc(C(=O)O)ccc2C(=O)O)c1. The van der Waals surface area contributed by atoms with Crippen molar-refractivity contribution in [1.82, 2.24) is 0 Å². The van der Waals surface area contributed by atoms with Gasteiger partial charge in [0.05, 0.1) is 23.4 Å². The highest BCUT2D eigenvalue weighted by atomic mass is 16.5. The van der Waals surface area contributed by atoms with Gasteiger partial charge in [-0.3, -0.25) is 4.79 Å². The first-order valence-corrected chi connectivity index (χ1v) is 9.63. The molecule has 0 aromatic heterocycles. The fourth-order valence-electron chi connectivity index (χ4n) is 2.93. The number of nitrogens with one attached hydrogen (secondary N) is 1. The Morgan fingerprint density at radius 3 is 2.33 bits per heavy atom. The molecule has 0 saturated heterocycles. The minimum absolute atomic E-state index is 0.0351. The number of anilines is 1. The molecule has 2 rings (SSSR count). The summed E-state index contributed by atoms with van der Waals surface area (Å²) in [6, 6.07) is 9.50. The standard InChI is InChI=1S/C23H27NO6/c1-14-6-7-15(2)19(12-14)30-11-5-10-23(3,4)22(29)24-18-13-16(20(25)26)8-9-17(18)21(27)28/h6-9,12-13H,5,10-11H2,1-4H3,(H,24,29)(H,25,26)(H,27,28). The van der Waals surface area contributed by atoms with E-state index in [1.165, 1.54) is 12.1 Å². The summed E-state index contributed by atoms with van der Waals surface area (Å²) in [5, 5.41) is 21.0. The number of aromatic carboxylic acids is 2. The number of hydrogen-bond acceptors (Lipinski definition) is 4. The first-order chi connectivity index (χ1) is 14.0. The largest absolute Gasteiger partial charge is 0.493 e. The Morgan fingerprint density at radius 2 is 1.70 bits per heavy atom. The van der Waals surface area contributed by atoms with Crippen LogP contribution in [0.2, 0.25) is 0 Å². The molecule has 0 radical (unpaired) electrons. The van der Waals surface area contributed by atoms with Gasteiger partial charge >= 0.3 is 11.9 Å². The van der Waals surface area contributed by atoms with Gasteiger partial charge in [0, 0.05) is 5.41 Å². The first kappa shape index (κ1) is 22.9. The van der Waals surface area contributed by atoms with E-state index in [1.54, 1.807) is 13.8 Å². The van der Waals surface area contributed by atoms with Crippen molar-refractivity contribution in [1.29, 1.82) is 0 Å². The number of carboxylic acids is 2. The van der Waals surface area contributed by atoms with E-state index in [0.717, 1.165) is 22.9 Å². The smallest absolute Gasteiger partial charge is 0.337 e. The highest BCUT2D eigenvalue weighted by Crippen LogP contribution is 2.27. The molecule has 3 N–H and O–H groups in total. The fourth-order valence-corrected chi connectivity index (χ4v) is 2.93. The van der Waals surface area contributed by atoms with Crippen molar-refractivity contribution in [3.63, 3.8) is 0 Å². The number of hydrogen-bond donors (Lipinski definition) is 3. The molecule has 2 aromatic rings. The Hall–Kier alpha value is -3.35. The van der Waals surface area contributed by atoms with E-state index in [4.69, 9.17) is 9.84 Å². The van der Waals surface area contributed by atoms with Gasteiger partial charge in [-0.25, -0.2) is 9.59 Å². The predicted octanol–water partition coefficient (Wildman–Crippen LogP) is 4.52. The second kappa shape index (κ2) is 9.43. The summed E-state index contributed by atoms with van der Waals surface area (Å²) in [5.74, 6) is -2.03. The molecule has 0 saturated carbocycles. The molecule has 0 aliphatic rings. The molecule has 0 unspecified atom stereocenters. The summed E-state index contributed by atoms with van der Waals surface area (Å²) in [6.07, 6.45) is 1.12.